The molecule has 0 radical (unpaired) electrons. The van der Waals surface area contributed by atoms with Gasteiger partial charge in [0, 0.05) is 16.1 Å². The maximum atomic E-state index is 13.0. The molecule has 0 spiro atoms. The third-order valence-corrected chi connectivity index (χ3v) is 3.17. The van der Waals surface area contributed by atoms with E-state index in [1.54, 1.807) is 0 Å². The first-order valence-electron chi connectivity index (χ1n) is 5.76. The minimum absolute atomic E-state index is 0.00944. The minimum Gasteiger partial charge on any atom is -0.322 e. The van der Waals surface area contributed by atoms with Gasteiger partial charge in [0.05, 0.1) is 0 Å². The van der Waals surface area contributed by atoms with Crippen LogP contribution >= 0.6 is 11.8 Å². The molecule has 21 heavy (non-hydrogen) atoms. The first-order chi connectivity index (χ1) is 9.83. The van der Waals surface area contributed by atoms with Crippen molar-refractivity contribution >= 4 is 23.4 Å². The Kier molecular flexibility index (Phi) is 4.52. The van der Waals surface area contributed by atoms with Gasteiger partial charge in [-0.1, -0.05) is 6.07 Å². The normalized spacial score (nSPS) is 11.2. The Morgan fingerprint density at radius 3 is 2.29 bits per heavy atom. The van der Waals surface area contributed by atoms with Crippen molar-refractivity contribution in [3.63, 3.8) is 0 Å². The van der Waals surface area contributed by atoms with Gasteiger partial charge < -0.3 is 5.32 Å². The zero-order valence-corrected chi connectivity index (χ0v) is 11.3. The molecular weight excluding hydrogens is 306 g/mol. The zero-order valence-electron chi connectivity index (χ0n) is 10.4. The minimum atomic E-state index is -4.37. The van der Waals surface area contributed by atoms with E-state index in [9.17, 15) is 22.4 Å². The Morgan fingerprint density at radius 2 is 1.71 bits per heavy atom. The van der Waals surface area contributed by atoms with Gasteiger partial charge in [0.25, 0.3) is 5.91 Å². The van der Waals surface area contributed by atoms with Crippen LogP contribution in [0, 0.1) is 5.82 Å². The summed E-state index contributed by atoms with van der Waals surface area (Å²) in [5.74, 6) is -1.02. The summed E-state index contributed by atoms with van der Waals surface area (Å²) < 4.78 is 49.5. The fraction of sp³-hybridized carbons (Fsp3) is 0.0714. The van der Waals surface area contributed by atoms with Crippen LogP contribution < -0.4 is 5.32 Å². The van der Waals surface area contributed by atoms with Gasteiger partial charge >= 0.3 is 5.51 Å². The number of alkyl halides is 3. The van der Waals surface area contributed by atoms with Crippen LogP contribution in [0.15, 0.2) is 53.4 Å². The monoisotopic (exact) mass is 315 g/mol. The maximum absolute atomic E-state index is 13.0. The second-order valence-corrected chi connectivity index (χ2v) is 5.18. The van der Waals surface area contributed by atoms with Gasteiger partial charge in [-0.2, -0.15) is 13.2 Å². The third-order valence-electron chi connectivity index (χ3n) is 2.43. The fourth-order valence-corrected chi connectivity index (χ4v) is 2.12. The Hall–Kier alpha value is -2.02. The van der Waals surface area contributed by atoms with E-state index in [1.807, 2.05) is 0 Å². The lowest BCUT2D eigenvalue weighted by Gasteiger charge is -2.07. The first-order valence-corrected chi connectivity index (χ1v) is 6.58. The lowest BCUT2D eigenvalue weighted by Crippen LogP contribution is -2.11. The zero-order chi connectivity index (χ0) is 15.5. The molecule has 0 saturated carbocycles. The van der Waals surface area contributed by atoms with Gasteiger partial charge in [-0.05, 0) is 54.2 Å². The van der Waals surface area contributed by atoms with E-state index >= 15 is 0 Å². The highest BCUT2D eigenvalue weighted by atomic mass is 32.2. The number of anilines is 1. The van der Waals surface area contributed by atoms with Gasteiger partial charge in [0.1, 0.15) is 5.82 Å². The van der Waals surface area contributed by atoms with Crippen molar-refractivity contribution in [2.24, 2.45) is 0 Å². The number of benzene rings is 2. The summed E-state index contributed by atoms with van der Waals surface area (Å²) in [6.45, 7) is 0. The molecule has 0 aliphatic carbocycles. The highest BCUT2D eigenvalue weighted by molar-refractivity contribution is 8.00. The van der Waals surface area contributed by atoms with Crippen LogP contribution in [0.2, 0.25) is 0 Å². The predicted octanol–water partition coefficient (Wildman–Crippen LogP) is 4.69. The number of hydrogen-bond donors (Lipinski definition) is 1. The molecule has 2 aromatic rings. The van der Waals surface area contributed by atoms with Crippen molar-refractivity contribution in [2.75, 3.05) is 5.32 Å². The molecule has 2 aromatic carbocycles. The van der Waals surface area contributed by atoms with Crippen LogP contribution in [0.1, 0.15) is 10.4 Å². The maximum Gasteiger partial charge on any atom is 0.446 e. The van der Waals surface area contributed by atoms with E-state index in [-0.39, 0.29) is 27.9 Å². The third kappa shape index (κ3) is 4.78. The molecule has 0 atom stereocenters. The molecule has 0 aromatic heterocycles. The Bertz CT molecular complexity index is 640. The topological polar surface area (TPSA) is 29.1 Å². The Balaban J connectivity index is 2.06. The molecule has 0 fully saturated rings. The number of hydrogen-bond acceptors (Lipinski definition) is 2. The fourth-order valence-electron chi connectivity index (χ4n) is 1.58. The second-order valence-electron chi connectivity index (χ2n) is 4.04. The van der Waals surface area contributed by atoms with Crippen LogP contribution in [-0.4, -0.2) is 11.4 Å². The van der Waals surface area contributed by atoms with Crippen molar-refractivity contribution < 1.29 is 22.4 Å². The Labute approximate surface area is 122 Å². The highest BCUT2D eigenvalue weighted by Crippen LogP contribution is 2.36. The summed E-state index contributed by atoms with van der Waals surface area (Å²) in [6, 6.07) is 10.3. The standard InChI is InChI=1S/C14H9F4NOS/c15-10-2-1-3-11(8-10)19-13(20)9-4-6-12(7-5-9)21-14(16,17)18/h1-8H,(H,19,20). The molecule has 0 bridgehead atoms. The number of thioether (sulfide) groups is 1. The number of amides is 1. The van der Waals surface area contributed by atoms with Crippen molar-refractivity contribution in [1.29, 1.82) is 0 Å². The molecule has 2 rings (SSSR count). The summed E-state index contributed by atoms with van der Waals surface area (Å²) >= 11 is -0.254. The van der Waals surface area contributed by atoms with Gasteiger partial charge in [-0.25, -0.2) is 4.39 Å². The first kappa shape index (κ1) is 15.4. The quantitative estimate of drug-likeness (QED) is 0.657. The van der Waals surface area contributed by atoms with Gasteiger partial charge in [0.15, 0.2) is 0 Å². The van der Waals surface area contributed by atoms with Crippen molar-refractivity contribution in [3.05, 3.63) is 59.9 Å². The van der Waals surface area contributed by atoms with Gasteiger partial charge in [-0.15, -0.1) is 0 Å². The SMILES string of the molecule is O=C(Nc1cccc(F)c1)c1ccc(SC(F)(F)F)cc1. The summed E-state index contributed by atoms with van der Waals surface area (Å²) in [5, 5.41) is 2.46. The van der Waals surface area contributed by atoms with E-state index in [4.69, 9.17) is 0 Å². The number of rotatable bonds is 3. The largest absolute Gasteiger partial charge is 0.446 e. The number of carbonyl (C=O) groups excluding carboxylic acids is 1. The smallest absolute Gasteiger partial charge is 0.322 e. The predicted molar refractivity (Wildman–Crippen MR) is 72.7 cm³/mol. The van der Waals surface area contributed by atoms with Crippen LogP contribution in [-0.2, 0) is 0 Å². The summed E-state index contributed by atoms with van der Waals surface area (Å²) in [6.07, 6.45) is 0. The van der Waals surface area contributed by atoms with E-state index in [2.05, 4.69) is 5.32 Å². The summed E-state index contributed by atoms with van der Waals surface area (Å²) in [5.41, 5.74) is -3.91. The van der Waals surface area contributed by atoms with E-state index in [0.29, 0.717) is 0 Å². The highest BCUT2D eigenvalue weighted by Gasteiger charge is 2.29. The van der Waals surface area contributed by atoms with Crippen molar-refractivity contribution in [3.8, 4) is 0 Å². The van der Waals surface area contributed by atoms with Crippen molar-refractivity contribution in [1.82, 2.24) is 0 Å². The molecule has 0 unspecified atom stereocenters. The van der Waals surface area contributed by atoms with Gasteiger partial charge in [0.2, 0.25) is 0 Å². The van der Waals surface area contributed by atoms with Crippen LogP contribution in [0.3, 0.4) is 0 Å². The molecule has 0 heterocycles. The second kappa shape index (κ2) is 6.17. The summed E-state index contributed by atoms with van der Waals surface area (Å²) in [4.78, 5) is 11.8. The molecule has 2 nitrogen and oxygen atoms in total. The van der Waals surface area contributed by atoms with E-state index in [1.165, 1.54) is 42.5 Å². The molecule has 0 aliphatic rings. The lowest BCUT2D eigenvalue weighted by atomic mass is 10.2. The Morgan fingerprint density at radius 1 is 1.05 bits per heavy atom. The molecular formula is C14H9F4NOS. The van der Waals surface area contributed by atoms with Crippen LogP contribution in [0.4, 0.5) is 23.2 Å². The summed E-state index contributed by atoms with van der Waals surface area (Å²) in [7, 11) is 0. The van der Waals surface area contributed by atoms with E-state index in [0.717, 1.165) is 6.07 Å². The van der Waals surface area contributed by atoms with Crippen LogP contribution in [0.25, 0.3) is 0 Å². The molecule has 7 heteroatoms. The molecule has 1 amide bonds. The number of halogens is 4. The van der Waals surface area contributed by atoms with Gasteiger partial charge in [-0.3, -0.25) is 4.79 Å². The number of carbonyl (C=O) groups is 1. The average molecular weight is 315 g/mol. The molecule has 1 N–H and O–H groups in total. The van der Waals surface area contributed by atoms with Crippen LogP contribution in [0.5, 0.6) is 0 Å². The lowest BCUT2D eigenvalue weighted by molar-refractivity contribution is -0.0328. The number of nitrogens with one attached hydrogen (secondary N) is 1. The average Bonchev–Trinajstić information content (AvgIpc) is 2.37. The van der Waals surface area contributed by atoms with Crippen molar-refractivity contribution in [2.45, 2.75) is 10.4 Å². The molecule has 0 aliphatic heterocycles. The molecule has 0 saturated heterocycles. The molecule has 110 valence electrons. The van der Waals surface area contributed by atoms with E-state index < -0.39 is 17.2 Å².